The third kappa shape index (κ3) is 6.29. The summed E-state index contributed by atoms with van der Waals surface area (Å²) in [5.41, 5.74) is 4.11. The van der Waals surface area contributed by atoms with Crippen LogP contribution in [-0.2, 0) is 27.5 Å². The zero-order valence-corrected chi connectivity index (χ0v) is 19.5. The molecule has 0 spiro atoms. The lowest BCUT2D eigenvalue weighted by atomic mass is 9.99. The number of benzene rings is 2. The first-order valence-electron chi connectivity index (χ1n) is 9.66. The first-order valence-corrected chi connectivity index (χ1v) is 11.9. The van der Waals surface area contributed by atoms with Gasteiger partial charge in [0.1, 0.15) is 5.75 Å². The quantitative estimate of drug-likeness (QED) is 0.493. The molecule has 1 aromatic heterocycles. The first kappa shape index (κ1) is 23.7. The monoisotopic (exact) mass is 474 g/mol. The molecule has 168 valence electrons. The topological polar surface area (TPSA) is 94.6 Å². The van der Waals surface area contributed by atoms with E-state index in [2.05, 4.69) is 10.3 Å². The predicted molar refractivity (Wildman–Crippen MR) is 123 cm³/mol. The Kier molecular flexibility index (Phi) is 7.50. The Bertz CT molecular complexity index is 1240. The highest BCUT2D eigenvalue weighted by molar-refractivity contribution is 7.85. The Hall–Kier alpha value is -2.94. The number of carbonyl (C=O) groups excluding carboxylic acids is 1. The number of halogens is 1. The largest absolute Gasteiger partial charge is 0.494 e. The first-order chi connectivity index (χ1) is 15.2. The van der Waals surface area contributed by atoms with Crippen LogP contribution in [0.1, 0.15) is 27.0 Å². The zero-order chi connectivity index (χ0) is 23.3. The van der Waals surface area contributed by atoms with Gasteiger partial charge in [0.2, 0.25) is 0 Å². The number of hydrogen-bond acceptors (Lipinski definition) is 6. The number of ether oxygens (including phenoxy) is 1. The smallest absolute Gasteiger partial charge is 0.264 e. The Morgan fingerprint density at radius 2 is 1.91 bits per heavy atom. The van der Waals surface area contributed by atoms with E-state index in [9.17, 15) is 13.2 Å². The lowest BCUT2D eigenvalue weighted by Crippen LogP contribution is -2.23. The van der Waals surface area contributed by atoms with Crippen molar-refractivity contribution in [2.24, 2.45) is 0 Å². The summed E-state index contributed by atoms with van der Waals surface area (Å²) < 4.78 is 33.2. The molecule has 32 heavy (non-hydrogen) atoms. The van der Waals surface area contributed by atoms with Gasteiger partial charge in [-0.15, -0.1) is 0 Å². The second-order valence-electron chi connectivity index (χ2n) is 7.23. The fourth-order valence-corrected chi connectivity index (χ4v) is 3.59. The van der Waals surface area contributed by atoms with E-state index in [0.717, 1.165) is 17.4 Å². The van der Waals surface area contributed by atoms with Crippen molar-refractivity contribution in [3.63, 3.8) is 0 Å². The van der Waals surface area contributed by atoms with Crippen molar-refractivity contribution in [1.29, 1.82) is 0 Å². The highest BCUT2D eigenvalue weighted by atomic mass is 35.5. The van der Waals surface area contributed by atoms with Crippen LogP contribution in [0.25, 0.3) is 11.1 Å². The fraction of sp³-hybridized carbons (Fsp3) is 0.217. The number of aryl methyl sites for hydroxylation is 1. The highest BCUT2D eigenvalue weighted by Gasteiger charge is 2.14. The van der Waals surface area contributed by atoms with Crippen LogP contribution in [0.2, 0.25) is 5.02 Å². The molecule has 3 rings (SSSR count). The van der Waals surface area contributed by atoms with Crippen molar-refractivity contribution in [2.75, 3.05) is 13.4 Å². The van der Waals surface area contributed by atoms with Crippen LogP contribution < -0.4 is 10.1 Å². The second kappa shape index (κ2) is 10.1. The summed E-state index contributed by atoms with van der Waals surface area (Å²) in [4.78, 5) is 17.0. The SMILES string of the molecule is COc1cnccc1-c1cc(COS(C)(=O)=O)cc(C(=O)NCc2ccc(Cl)c(C)c2)c1. The Morgan fingerprint density at radius 1 is 1.12 bits per heavy atom. The summed E-state index contributed by atoms with van der Waals surface area (Å²) in [5, 5.41) is 3.55. The number of amides is 1. The lowest BCUT2D eigenvalue weighted by molar-refractivity contribution is 0.0950. The molecule has 2 aromatic carbocycles. The van der Waals surface area contributed by atoms with Crippen LogP contribution in [0.3, 0.4) is 0 Å². The standard InChI is InChI=1S/C23H23ClN2O5S/c1-15-8-16(4-5-21(15)24)12-26-23(27)19-10-17(14-31-32(3,28)29)9-18(11-19)20-6-7-25-13-22(20)30-2/h4-11,13H,12,14H2,1-3H3,(H,26,27). The molecule has 0 aliphatic carbocycles. The van der Waals surface area contributed by atoms with E-state index >= 15 is 0 Å². The Labute approximate surface area is 192 Å². The van der Waals surface area contributed by atoms with Crippen LogP contribution in [-0.4, -0.2) is 32.7 Å². The van der Waals surface area contributed by atoms with E-state index in [1.807, 2.05) is 19.1 Å². The minimum Gasteiger partial charge on any atom is -0.494 e. The summed E-state index contributed by atoms with van der Waals surface area (Å²) in [7, 11) is -2.12. The lowest BCUT2D eigenvalue weighted by Gasteiger charge is -2.13. The average molecular weight is 475 g/mol. The van der Waals surface area contributed by atoms with Gasteiger partial charge >= 0.3 is 0 Å². The van der Waals surface area contributed by atoms with Crippen molar-refractivity contribution in [3.8, 4) is 16.9 Å². The van der Waals surface area contributed by atoms with Gasteiger partial charge in [-0.2, -0.15) is 8.42 Å². The van der Waals surface area contributed by atoms with Crippen LogP contribution in [0.4, 0.5) is 0 Å². The minimum absolute atomic E-state index is 0.198. The number of carbonyl (C=O) groups is 1. The van der Waals surface area contributed by atoms with Crippen molar-refractivity contribution in [1.82, 2.24) is 10.3 Å². The molecule has 0 aliphatic rings. The maximum atomic E-state index is 12.9. The number of aromatic nitrogens is 1. The van der Waals surface area contributed by atoms with Crippen molar-refractivity contribution >= 4 is 27.6 Å². The number of methoxy groups -OCH3 is 1. The van der Waals surface area contributed by atoms with E-state index in [0.29, 0.717) is 39.6 Å². The molecule has 0 bridgehead atoms. The zero-order valence-electron chi connectivity index (χ0n) is 17.9. The minimum atomic E-state index is -3.65. The van der Waals surface area contributed by atoms with Gasteiger partial charge in [0.15, 0.2) is 0 Å². The summed E-state index contributed by atoms with van der Waals surface area (Å²) in [6.45, 7) is 2.01. The Morgan fingerprint density at radius 3 is 2.59 bits per heavy atom. The maximum Gasteiger partial charge on any atom is 0.264 e. The van der Waals surface area contributed by atoms with E-state index in [1.54, 1.807) is 42.7 Å². The summed E-state index contributed by atoms with van der Waals surface area (Å²) in [5.74, 6) is 0.213. The average Bonchev–Trinajstić information content (AvgIpc) is 2.77. The molecule has 1 heterocycles. The van der Waals surface area contributed by atoms with Gasteiger partial charge in [-0.05, 0) is 59.5 Å². The van der Waals surface area contributed by atoms with E-state index in [1.165, 1.54) is 7.11 Å². The molecule has 0 saturated carbocycles. The van der Waals surface area contributed by atoms with Crippen molar-refractivity contribution < 1.29 is 22.1 Å². The van der Waals surface area contributed by atoms with Gasteiger partial charge in [-0.3, -0.25) is 14.0 Å². The van der Waals surface area contributed by atoms with Crippen LogP contribution in [0.5, 0.6) is 5.75 Å². The number of nitrogens with zero attached hydrogens (tertiary/aromatic N) is 1. The summed E-state index contributed by atoms with van der Waals surface area (Å²) >= 11 is 6.06. The fourth-order valence-electron chi connectivity index (χ4n) is 3.12. The molecule has 0 saturated heterocycles. The van der Waals surface area contributed by atoms with E-state index < -0.39 is 10.1 Å². The van der Waals surface area contributed by atoms with Gasteiger partial charge in [0.25, 0.3) is 16.0 Å². The predicted octanol–water partition coefficient (Wildman–Crippen LogP) is 4.13. The number of pyridine rings is 1. The van der Waals surface area contributed by atoms with Crippen molar-refractivity contribution in [3.05, 3.63) is 82.1 Å². The van der Waals surface area contributed by atoms with Gasteiger partial charge in [0.05, 0.1) is 26.2 Å². The third-order valence-corrected chi connectivity index (χ3v) is 5.66. The maximum absolute atomic E-state index is 12.9. The molecule has 7 nitrogen and oxygen atoms in total. The van der Waals surface area contributed by atoms with Gasteiger partial charge < -0.3 is 10.1 Å². The van der Waals surface area contributed by atoms with Crippen LogP contribution in [0, 0.1) is 6.92 Å². The number of hydrogen-bond donors (Lipinski definition) is 1. The molecule has 0 atom stereocenters. The Balaban J connectivity index is 1.92. The van der Waals surface area contributed by atoms with Gasteiger partial charge in [-0.1, -0.05) is 23.7 Å². The van der Waals surface area contributed by atoms with Gasteiger partial charge in [0, 0.05) is 28.9 Å². The third-order valence-electron chi connectivity index (χ3n) is 4.69. The van der Waals surface area contributed by atoms with Crippen LogP contribution in [0.15, 0.2) is 54.9 Å². The number of nitrogens with one attached hydrogen (secondary N) is 1. The summed E-state index contributed by atoms with van der Waals surface area (Å²) in [6, 6.07) is 12.4. The molecule has 9 heteroatoms. The molecule has 3 aromatic rings. The highest BCUT2D eigenvalue weighted by Crippen LogP contribution is 2.30. The van der Waals surface area contributed by atoms with E-state index in [4.69, 9.17) is 20.5 Å². The molecule has 0 unspecified atom stereocenters. The second-order valence-corrected chi connectivity index (χ2v) is 9.28. The van der Waals surface area contributed by atoms with Gasteiger partial charge in [-0.25, -0.2) is 0 Å². The number of rotatable bonds is 8. The molecular formula is C23H23ClN2O5S. The summed E-state index contributed by atoms with van der Waals surface area (Å²) in [6.07, 6.45) is 4.15. The van der Waals surface area contributed by atoms with Crippen LogP contribution >= 0.6 is 11.6 Å². The van der Waals surface area contributed by atoms with E-state index in [-0.39, 0.29) is 12.5 Å². The molecule has 1 amide bonds. The molecule has 1 N–H and O–H groups in total. The van der Waals surface area contributed by atoms with Crippen molar-refractivity contribution in [2.45, 2.75) is 20.1 Å². The normalized spacial score (nSPS) is 11.2. The molecule has 0 aliphatic heterocycles. The molecule has 0 fully saturated rings. The molecule has 0 radical (unpaired) electrons. The molecular weight excluding hydrogens is 452 g/mol.